The Balaban J connectivity index is 2.66. The highest BCUT2D eigenvalue weighted by atomic mass is 32.1. The average molecular weight is 292 g/mol. The van der Waals surface area contributed by atoms with E-state index in [0.717, 1.165) is 22.4 Å². The van der Waals surface area contributed by atoms with Gasteiger partial charge in [-0.15, -0.1) is 11.3 Å². The van der Waals surface area contributed by atoms with Crippen LogP contribution < -0.4 is 5.73 Å². The van der Waals surface area contributed by atoms with E-state index < -0.39 is 0 Å². The Kier molecular flexibility index (Phi) is 4.09. The fourth-order valence-corrected chi connectivity index (χ4v) is 3.13. The van der Waals surface area contributed by atoms with Crippen LogP contribution in [0.3, 0.4) is 0 Å². The molecule has 106 valence electrons. The fraction of sp³-hybridized carbons (Fsp3) is 0.267. The molecule has 0 saturated heterocycles. The van der Waals surface area contributed by atoms with Gasteiger partial charge in [0, 0.05) is 24.5 Å². The summed E-state index contributed by atoms with van der Waals surface area (Å²) in [7, 11) is 3.39. The highest BCUT2D eigenvalue weighted by molar-refractivity contribution is 7.17. The molecule has 0 fully saturated rings. The predicted octanol–water partition coefficient (Wildman–Crippen LogP) is 3.40. The molecule has 0 radical (unpaired) electrons. The van der Waals surface area contributed by atoms with Gasteiger partial charge >= 0.3 is 0 Å². The molecule has 1 amide bonds. The van der Waals surface area contributed by atoms with Gasteiger partial charge in [0.15, 0.2) is 0 Å². The van der Waals surface area contributed by atoms with E-state index in [1.165, 1.54) is 28.4 Å². The van der Waals surface area contributed by atoms with Crippen LogP contribution in [0.4, 0.5) is 9.39 Å². The monoisotopic (exact) mass is 292 g/mol. The first kappa shape index (κ1) is 14.5. The molecule has 0 aliphatic heterocycles. The summed E-state index contributed by atoms with van der Waals surface area (Å²) < 4.78 is 13.1. The van der Waals surface area contributed by atoms with E-state index >= 15 is 0 Å². The van der Waals surface area contributed by atoms with Gasteiger partial charge in [0.25, 0.3) is 5.91 Å². The van der Waals surface area contributed by atoms with Crippen molar-refractivity contribution in [1.29, 1.82) is 0 Å². The summed E-state index contributed by atoms with van der Waals surface area (Å²) in [5.41, 5.74) is 8.19. The third kappa shape index (κ3) is 2.54. The van der Waals surface area contributed by atoms with Crippen molar-refractivity contribution in [2.24, 2.45) is 0 Å². The minimum absolute atomic E-state index is 0.127. The molecule has 0 saturated carbocycles. The number of nitrogen functional groups attached to an aromatic ring is 1. The maximum atomic E-state index is 13.1. The fourth-order valence-electron chi connectivity index (χ4n) is 2.10. The Morgan fingerprint density at radius 1 is 1.30 bits per heavy atom. The van der Waals surface area contributed by atoms with Crippen LogP contribution in [-0.2, 0) is 6.42 Å². The van der Waals surface area contributed by atoms with Gasteiger partial charge in [-0.05, 0) is 24.1 Å². The highest BCUT2D eigenvalue weighted by Gasteiger charge is 2.23. The van der Waals surface area contributed by atoms with Crippen molar-refractivity contribution in [1.82, 2.24) is 4.90 Å². The molecule has 2 aromatic rings. The van der Waals surface area contributed by atoms with E-state index in [1.807, 2.05) is 6.92 Å². The van der Waals surface area contributed by atoms with Crippen LogP contribution in [0, 0.1) is 5.82 Å². The maximum Gasteiger partial charge on any atom is 0.256 e. The van der Waals surface area contributed by atoms with Crippen LogP contribution in [0.5, 0.6) is 0 Å². The Hall–Kier alpha value is -1.88. The van der Waals surface area contributed by atoms with Crippen LogP contribution in [-0.4, -0.2) is 24.9 Å². The number of nitrogens with zero attached hydrogens (tertiary/aromatic N) is 1. The van der Waals surface area contributed by atoms with Crippen LogP contribution in [0.2, 0.25) is 0 Å². The Morgan fingerprint density at radius 3 is 2.40 bits per heavy atom. The Bertz CT molecular complexity index is 632. The van der Waals surface area contributed by atoms with E-state index in [-0.39, 0.29) is 11.7 Å². The van der Waals surface area contributed by atoms with Gasteiger partial charge in [0.05, 0.1) is 10.6 Å². The van der Waals surface area contributed by atoms with Crippen LogP contribution >= 0.6 is 11.3 Å². The Morgan fingerprint density at radius 2 is 1.90 bits per heavy atom. The molecule has 2 N–H and O–H groups in total. The number of benzene rings is 1. The zero-order valence-corrected chi connectivity index (χ0v) is 12.6. The van der Waals surface area contributed by atoms with E-state index in [0.29, 0.717) is 10.6 Å². The molecule has 2 rings (SSSR count). The van der Waals surface area contributed by atoms with Gasteiger partial charge in [-0.2, -0.15) is 0 Å². The summed E-state index contributed by atoms with van der Waals surface area (Å²) >= 11 is 1.42. The SMILES string of the molecule is CCc1sc(N)c(C(=O)N(C)C)c1-c1ccc(F)cc1. The number of hydrogen-bond donors (Lipinski definition) is 1. The lowest BCUT2D eigenvalue weighted by Gasteiger charge is -2.13. The molecule has 0 aliphatic rings. The van der Waals surface area contributed by atoms with Gasteiger partial charge in [0.2, 0.25) is 0 Å². The number of hydrogen-bond acceptors (Lipinski definition) is 3. The molecular formula is C15H17FN2OS. The number of amides is 1. The molecule has 0 aliphatic carbocycles. The first-order chi connectivity index (χ1) is 9.45. The molecule has 1 aromatic carbocycles. The zero-order valence-electron chi connectivity index (χ0n) is 11.7. The minimum atomic E-state index is -0.296. The van der Waals surface area contributed by atoms with E-state index in [2.05, 4.69) is 0 Å². The van der Waals surface area contributed by atoms with Crippen molar-refractivity contribution in [3.8, 4) is 11.1 Å². The van der Waals surface area contributed by atoms with Crippen molar-refractivity contribution in [3.63, 3.8) is 0 Å². The third-order valence-corrected chi connectivity index (χ3v) is 4.25. The second-order valence-electron chi connectivity index (χ2n) is 4.70. The lowest BCUT2D eigenvalue weighted by Crippen LogP contribution is -2.22. The number of carbonyl (C=O) groups excluding carboxylic acids is 1. The predicted molar refractivity (Wildman–Crippen MR) is 81.5 cm³/mol. The number of rotatable bonds is 3. The van der Waals surface area contributed by atoms with Crippen LogP contribution in [0.1, 0.15) is 22.2 Å². The number of carbonyl (C=O) groups is 1. The zero-order chi connectivity index (χ0) is 14.9. The number of nitrogens with two attached hydrogens (primary N) is 1. The van der Waals surface area contributed by atoms with Gasteiger partial charge in [-0.3, -0.25) is 4.79 Å². The van der Waals surface area contributed by atoms with E-state index in [9.17, 15) is 9.18 Å². The van der Waals surface area contributed by atoms with Gasteiger partial charge in [0.1, 0.15) is 5.82 Å². The lowest BCUT2D eigenvalue weighted by molar-refractivity contribution is 0.0829. The van der Waals surface area contributed by atoms with Crippen molar-refractivity contribution >= 4 is 22.2 Å². The largest absolute Gasteiger partial charge is 0.390 e. The second kappa shape index (κ2) is 5.63. The first-order valence-electron chi connectivity index (χ1n) is 6.34. The molecule has 0 atom stereocenters. The van der Waals surface area contributed by atoms with Gasteiger partial charge < -0.3 is 10.6 Å². The molecule has 5 heteroatoms. The number of aryl methyl sites for hydroxylation is 1. The summed E-state index contributed by atoms with van der Waals surface area (Å²) in [4.78, 5) is 14.9. The maximum absolute atomic E-state index is 13.1. The quantitative estimate of drug-likeness (QED) is 0.942. The normalized spacial score (nSPS) is 10.6. The van der Waals surface area contributed by atoms with Gasteiger partial charge in [-0.25, -0.2) is 4.39 Å². The average Bonchev–Trinajstić information content (AvgIpc) is 2.75. The van der Waals surface area contributed by atoms with Gasteiger partial charge in [-0.1, -0.05) is 19.1 Å². The Labute approximate surface area is 121 Å². The van der Waals surface area contributed by atoms with Crippen molar-refractivity contribution in [2.45, 2.75) is 13.3 Å². The molecular weight excluding hydrogens is 275 g/mol. The topological polar surface area (TPSA) is 46.3 Å². The summed E-state index contributed by atoms with van der Waals surface area (Å²) in [5, 5.41) is 0.514. The summed E-state index contributed by atoms with van der Waals surface area (Å²) in [6.45, 7) is 2.02. The summed E-state index contributed by atoms with van der Waals surface area (Å²) in [6, 6.07) is 6.16. The molecule has 1 aromatic heterocycles. The van der Waals surface area contributed by atoms with Crippen molar-refractivity contribution in [3.05, 3.63) is 40.5 Å². The van der Waals surface area contributed by atoms with Crippen LogP contribution in [0.25, 0.3) is 11.1 Å². The standard InChI is InChI=1S/C15H17FN2OS/c1-4-11-12(9-5-7-10(16)8-6-9)13(14(17)20-11)15(19)18(2)3/h5-8H,4,17H2,1-3H3. The lowest BCUT2D eigenvalue weighted by atomic mass is 9.99. The second-order valence-corrected chi connectivity index (χ2v) is 5.84. The molecule has 3 nitrogen and oxygen atoms in total. The molecule has 1 heterocycles. The molecule has 20 heavy (non-hydrogen) atoms. The highest BCUT2D eigenvalue weighted by Crippen LogP contribution is 2.39. The smallest absolute Gasteiger partial charge is 0.256 e. The van der Waals surface area contributed by atoms with Crippen molar-refractivity contribution in [2.75, 3.05) is 19.8 Å². The molecule has 0 spiro atoms. The number of halogens is 1. The van der Waals surface area contributed by atoms with Crippen LogP contribution in [0.15, 0.2) is 24.3 Å². The van der Waals surface area contributed by atoms with E-state index in [4.69, 9.17) is 5.73 Å². The minimum Gasteiger partial charge on any atom is -0.390 e. The number of anilines is 1. The van der Waals surface area contributed by atoms with Crippen molar-refractivity contribution < 1.29 is 9.18 Å². The van der Waals surface area contributed by atoms with E-state index in [1.54, 1.807) is 26.2 Å². The first-order valence-corrected chi connectivity index (χ1v) is 7.16. The number of thiophene rings is 1. The summed E-state index contributed by atoms with van der Waals surface area (Å²) in [5.74, 6) is -0.423. The summed E-state index contributed by atoms with van der Waals surface area (Å²) in [6.07, 6.45) is 0.780. The molecule has 0 unspecified atom stereocenters. The third-order valence-electron chi connectivity index (χ3n) is 3.08. The molecule has 0 bridgehead atoms.